The summed E-state index contributed by atoms with van der Waals surface area (Å²) in [6.07, 6.45) is -0.0132. The molecule has 182 valence electrons. The monoisotopic (exact) mass is 510 g/mol. The Hall–Kier alpha value is -4.94. The highest BCUT2D eigenvalue weighted by atomic mass is 14.3. The van der Waals surface area contributed by atoms with E-state index in [1.54, 1.807) is 24.3 Å². The van der Waals surface area contributed by atoms with Gasteiger partial charge in [-0.1, -0.05) is 139 Å². The van der Waals surface area contributed by atoms with Crippen LogP contribution in [0.4, 0.5) is 0 Å². The Bertz CT molecular complexity index is 2820. The van der Waals surface area contributed by atoms with Crippen molar-refractivity contribution in [2.24, 2.45) is 0 Å². The highest BCUT2D eigenvalue weighted by Gasteiger charge is 2.22. The van der Waals surface area contributed by atoms with Crippen molar-refractivity contribution in [1.29, 1.82) is 0 Å². The molecule has 7 aromatic rings. The maximum Gasteiger partial charge on any atom is 0.0629 e. The van der Waals surface area contributed by atoms with Gasteiger partial charge in [0.1, 0.15) is 0 Å². The lowest BCUT2D eigenvalue weighted by molar-refractivity contribution is 1.26. The van der Waals surface area contributed by atoms with Crippen LogP contribution in [-0.2, 0) is 6.42 Å². The van der Waals surface area contributed by atoms with Crippen LogP contribution in [0, 0.1) is 0 Å². The van der Waals surface area contributed by atoms with Gasteiger partial charge < -0.3 is 0 Å². The lowest BCUT2D eigenvalue weighted by atomic mass is 9.85. The van der Waals surface area contributed by atoms with Crippen LogP contribution in [0.1, 0.15) is 33.1 Å². The van der Waals surface area contributed by atoms with Crippen LogP contribution < -0.4 is 0 Å². The van der Waals surface area contributed by atoms with Crippen LogP contribution in [0.2, 0.25) is 0 Å². The third-order valence-electron chi connectivity index (χ3n) is 7.23. The molecule has 0 saturated heterocycles. The smallest absolute Gasteiger partial charge is 0.0622 e. The molecular weight excluding hydrogens is 468 g/mol. The first kappa shape index (κ1) is 11.4. The molecule has 0 bridgehead atoms. The van der Waals surface area contributed by atoms with Gasteiger partial charge in [-0.05, 0) is 89.7 Å². The molecule has 0 spiro atoms. The third-order valence-corrected chi connectivity index (χ3v) is 7.23. The van der Waals surface area contributed by atoms with Crippen LogP contribution in [0.25, 0.3) is 66.1 Å². The summed E-state index contributed by atoms with van der Waals surface area (Å²) in [6, 6.07) is 6.39. The molecule has 0 N–H and O–H groups in total. The number of benzene rings is 7. The first-order valence-electron chi connectivity index (χ1n) is 20.3. The summed E-state index contributed by atoms with van der Waals surface area (Å²) in [5.74, 6) is 0. The fourth-order valence-electron chi connectivity index (χ4n) is 5.60. The standard InChI is InChI=1S/C39H26/c1-2-12-26(13-3-1)38-33-18-6-8-20-35(33)39(36-21-9-7-19-34(36)38)29-16-10-15-27(24-29)31-22-11-23-32-30-17-5-4-14-28(30)25-37(31)32/h1-24H,25H2/i1D,2D,3D,4D,5D,6D,7D,8D,9D,11D,12D,13D,14D,17D,22D,23D. The maximum absolute atomic E-state index is 9.05. The molecule has 0 radical (unpaired) electrons. The zero-order valence-corrected chi connectivity index (χ0v) is 20.3. The minimum absolute atomic E-state index is 0.0132. The van der Waals surface area contributed by atoms with Crippen molar-refractivity contribution in [2.45, 2.75) is 6.42 Å². The molecule has 7 aromatic carbocycles. The molecule has 0 atom stereocenters. The Labute approximate surface area is 251 Å². The van der Waals surface area contributed by atoms with Crippen LogP contribution in [0.5, 0.6) is 0 Å². The van der Waals surface area contributed by atoms with Crippen molar-refractivity contribution >= 4 is 21.5 Å². The van der Waals surface area contributed by atoms with E-state index in [1.165, 1.54) is 24.3 Å². The number of hydrogen-bond donors (Lipinski definition) is 0. The maximum atomic E-state index is 9.05. The second-order valence-electron chi connectivity index (χ2n) is 9.27. The molecule has 0 saturated carbocycles. The quantitative estimate of drug-likeness (QED) is 0.207. The topological polar surface area (TPSA) is 0 Å². The van der Waals surface area contributed by atoms with Gasteiger partial charge in [-0.3, -0.25) is 0 Å². The summed E-state index contributed by atoms with van der Waals surface area (Å²) in [4.78, 5) is 0. The second kappa shape index (κ2) is 8.82. The molecule has 39 heavy (non-hydrogen) atoms. The van der Waals surface area contributed by atoms with E-state index in [0.717, 1.165) is 0 Å². The Morgan fingerprint density at radius 1 is 0.436 bits per heavy atom. The van der Waals surface area contributed by atoms with E-state index in [4.69, 9.17) is 21.9 Å². The Kier molecular flexibility index (Phi) is 2.59. The van der Waals surface area contributed by atoms with Crippen molar-refractivity contribution < 1.29 is 21.9 Å². The molecule has 0 aromatic heterocycles. The number of rotatable bonds is 3. The molecule has 0 amide bonds. The lowest BCUT2D eigenvalue weighted by Gasteiger charge is -2.18. The normalized spacial score (nSPS) is 17.7. The van der Waals surface area contributed by atoms with E-state index in [0.29, 0.717) is 33.0 Å². The molecule has 0 aliphatic heterocycles. The summed E-state index contributed by atoms with van der Waals surface area (Å²) in [5.41, 5.74) is 2.48. The molecule has 0 unspecified atom stereocenters. The zero-order chi connectivity index (χ0) is 39.7. The van der Waals surface area contributed by atoms with E-state index in [1.807, 2.05) is 0 Å². The van der Waals surface area contributed by atoms with Crippen LogP contribution in [0.15, 0.2) is 145 Å². The molecule has 0 heterocycles. The van der Waals surface area contributed by atoms with Crippen LogP contribution in [0.3, 0.4) is 0 Å². The van der Waals surface area contributed by atoms with Crippen molar-refractivity contribution in [3.05, 3.63) is 156 Å². The second-order valence-corrected chi connectivity index (χ2v) is 9.27. The predicted octanol–water partition coefficient (Wildman–Crippen LogP) is 10.6. The third kappa shape index (κ3) is 3.46. The fourth-order valence-corrected chi connectivity index (χ4v) is 5.60. The summed E-state index contributed by atoms with van der Waals surface area (Å²) in [5, 5.41) is 1.22. The van der Waals surface area contributed by atoms with Gasteiger partial charge in [0.15, 0.2) is 0 Å². The van der Waals surface area contributed by atoms with Crippen molar-refractivity contribution in [3.8, 4) is 44.5 Å². The van der Waals surface area contributed by atoms with Gasteiger partial charge in [-0.2, -0.15) is 0 Å². The van der Waals surface area contributed by atoms with Gasteiger partial charge >= 0.3 is 0 Å². The molecule has 8 rings (SSSR count). The van der Waals surface area contributed by atoms with Gasteiger partial charge in [0.25, 0.3) is 0 Å². The summed E-state index contributed by atoms with van der Waals surface area (Å²) >= 11 is 0. The Balaban J connectivity index is 1.49. The van der Waals surface area contributed by atoms with E-state index in [2.05, 4.69) is 0 Å². The minimum Gasteiger partial charge on any atom is -0.0622 e. The molecule has 1 aliphatic rings. The predicted molar refractivity (Wildman–Crippen MR) is 166 cm³/mol. The number of fused-ring (bicyclic) bond motifs is 5. The SMILES string of the molecule is [2H]c1cc2c(-c3cccc(-c4c([2H])c([2H])c([2H])c5c4Cc4c([2H])c([2H])c([2H])c([2H])c4-5)c3)c3cc([2H])c([2H])cc3c(-c3c([2H])c([2H])c([2H])c([2H])c3[2H])c2cc1[2H]. The van der Waals surface area contributed by atoms with E-state index in [-0.39, 0.29) is 98.9 Å². The average molecular weight is 511 g/mol. The molecule has 0 fully saturated rings. The summed E-state index contributed by atoms with van der Waals surface area (Å²) in [6.45, 7) is 0. The largest absolute Gasteiger partial charge is 0.0629 e. The van der Waals surface area contributed by atoms with E-state index in [9.17, 15) is 0 Å². The van der Waals surface area contributed by atoms with Gasteiger partial charge in [-0.15, -0.1) is 0 Å². The molecule has 0 nitrogen and oxygen atoms in total. The van der Waals surface area contributed by atoms with E-state index < -0.39 is 48.3 Å². The molecule has 1 aliphatic carbocycles. The molecular formula is C39H26. The highest BCUT2D eigenvalue weighted by molar-refractivity contribution is 6.21. The van der Waals surface area contributed by atoms with Crippen LogP contribution >= 0.6 is 0 Å². The minimum atomic E-state index is -0.596. The fraction of sp³-hybridized carbons (Fsp3) is 0.0256. The van der Waals surface area contributed by atoms with Gasteiger partial charge in [-0.25, -0.2) is 0 Å². The Morgan fingerprint density at radius 3 is 1.72 bits per heavy atom. The van der Waals surface area contributed by atoms with E-state index >= 15 is 0 Å². The average Bonchev–Trinajstić information content (AvgIpc) is 3.56. The number of hydrogen-bond acceptors (Lipinski definition) is 0. The first-order valence-corrected chi connectivity index (χ1v) is 12.3. The summed E-state index contributed by atoms with van der Waals surface area (Å²) < 4.78 is 137. The van der Waals surface area contributed by atoms with Crippen LogP contribution in [-0.4, -0.2) is 0 Å². The molecule has 0 heteroatoms. The zero-order valence-electron chi connectivity index (χ0n) is 36.3. The Morgan fingerprint density at radius 2 is 1.00 bits per heavy atom. The highest BCUT2D eigenvalue weighted by Crippen LogP contribution is 2.45. The van der Waals surface area contributed by atoms with Gasteiger partial charge in [0, 0.05) is 0 Å². The van der Waals surface area contributed by atoms with Crippen molar-refractivity contribution in [1.82, 2.24) is 0 Å². The van der Waals surface area contributed by atoms with Crippen molar-refractivity contribution in [2.75, 3.05) is 0 Å². The first-order chi connectivity index (χ1) is 26.0. The van der Waals surface area contributed by atoms with Crippen molar-refractivity contribution in [3.63, 3.8) is 0 Å². The van der Waals surface area contributed by atoms with Gasteiger partial charge in [0.2, 0.25) is 0 Å². The lowest BCUT2D eigenvalue weighted by Crippen LogP contribution is -1.92. The summed E-state index contributed by atoms with van der Waals surface area (Å²) in [7, 11) is 0. The van der Waals surface area contributed by atoms with Gasteiger partial charge in [0.05, 0.1) is 21.9 Å².